The number of amides is 3. The molecular weight excluding hydrogens is 386 g/mol. The monoisotopic (exact) mass is 413 g/mol. The predicted octanol–water partition coefficient (Wildman–Crippen LogP) is 3.11. The molecule has 30 heavy (non-hydrogen) atoms. The summed E-state index contributed by atoms with van der Waals surface area (Å²) in [4.78, 5) is 26.1. The van der Waals surface area contributed by atoms with Gasteiger partial charge < -0.3 is 30.1 Å². The topological polar surface area (TPSA) is 100 Å². The fraction of sp³-hybridized carbons (Fsp3) is 0.364. The molecule has 1 saturated carbocycles. The summed E-state index contributed by atoms with van der Waals surface area (Å²) in [7, 11) is 1.49. The summed E-state index contributed by atoms with van der Waals surface area (Å²) >= 11 is 0. The lowest BCUT2D eigenvalue weighted by atomic mass is 10.2. The smallest absolute Gasteiger partial charge is 0.322 e. The van der Waals surface area contributed by atoms with E-state index in [9.17, 15) is 14.7 Å². The van der Waals surface area contributed by atoms with E-state index in [0.717, 1.165) is 18.4 Å². The second kappa shape index (κ2) is 9.87. The number of rotatable bonds is 9. The van der Waals surface area contributed by atoms with E-state index in [1.165, 1.54) is 7.11 Å². The lowest BCUT2D eigenvalue weighted by Crippen LogP contribution is -2.36. The van der Waals surface area contributed by atoms with E-state index < -0.39 is 0 Å². The van der Waals surface area contributed by atoms with Gasteiger partial charge in [0, 0.05) is 24.8 Å². The van der Waals surface area contributed by atoms with E-state index in [4.69, 9.17) is 9.47 Å². The summed E-state index contributed by atoms with van der Waals surface area (Å²) in [5.74, 6) is 0.820. The van der Waals surface area contributed by atoms with Crippen LogP contribution >= 0.6 is 0 Å². The number of nitrogens with zero attached hydrogens (tertiary/aromatic N) is 1. The summed E-state index contributed by atoms with van der Waals surface area (Å²) in [6.45, 7) is 2.77. The van der Waals surface area contributed by atoms with Gasteiger partial charge in [0.05, 0.1) is 7.11 Å². The maximum atomic E-state index is 12.8. The first-order chi connectivity index (χ1) is 14.5. The average molecular weight is 413 g/mol. The number of ether oxygens (including phenoxy) is 2. The standard InChI is InChI=1S/C22H27N3O5/c1-3-23-21(27)14-30-18-9-5-16(6-10-18)24-22(28)25(17-7-8-17)13-15-4-11-19(26)20(12-15)29-2/h4-6,9-12,17,26H,3,7-8,13-14H2,1-2H3,(H,23,27)(H,24,28). The molecule has 3 rings (SSSR count). The number of benzene rings is 2. The largest absolute Gasteiger partial charge is 0.504 e. The molecule has 8 nitrogen and oxygen atoms in total. The Morgan fingerprint density at radius 3 is 2.53 bits per heavy atom. The van der Waals surface area contributed by atoms with Crippen molar-refractivity contribution in [3.8, 4) is 17.2 Å². The van der Waals surface area contributed by atoms with Crippen molar-refractivity contribution >= 4 is 17.6 Å². The zero-order valence-electron chi connectivity index (χ0n) is 17.2. The molecule has 0 atom stereocenters. The first-order valence-corrected chi connectivity index (χ1v) is 9.93. The third-order valence-corrected chi connectivity index (χ3v) is 4.70. The first kappa shape index (κ1) is 21.3. The Balaban J connectivity index is 1.59. The molecule has 0 aromatic heterocycles. The zero-order chi connectivity index (χ0) is 21.5. The van der Waals surface area contributed by atoms with Crippen LogP contribution in [-0.2, 0) is 11.3 Å². The molecular formula is C22H27N3O5. The molecule has 2 aromatic carbocycles. The fourth-order valence-corrected chi connectivity index (χ4v) is 3.00. The van der Waals surface area contributed by atoms with Crippen molar-refractivity contribution in [1.82, 2.24) is 10.2 Å². The third kappa shape index (κ3) is 5.79. The SMILES string of the molecule is CCNC(=O)COc1ccc(NC(=O)N(Cc2ccc(O)c(OC)c2)C2CC2)cc1. The van der Waals surface area contributed by atoms with E-state index in [-0.39, 0.29) is 30.3 Å². The predicted molar refractivity (Wildman–Crippen MR) is 113 cm³/mol. The summed E-state index contributed by atoms with van der Waals surface area (Å²) in [5.41, 5.74) is 1.51. The Bertz CT molecular complexity index is 881. The van der Waals surface area contributed by atoms with Gasteiger partial charge >= 0.3 is 6.03 Å². The van der Waals surface area contributed by atoms with Gasteiger partial charge in [-0.25, -0.2) is 4.79 Å². The van der Waals surface area contributed by atoms with Gasteiger partial charge in [0.15, 0.2) is 18.1 Å². The lowest BCUT2D eigenvalue weighted by Gasteiger charge is -2.23. The highest BCUT2D eigenvalue weighted by atomic mass is 16.5. The quantitative estimate of drug-likeness (QED) is 0.587. The fourth-order valence-electron chi connectivity index (χ4n) is 3.00. The molecule has 8 heteroatoms. The van der Waals surface area contributed by atoms with E-state index in [1.807, 2.05) is 6.92 Å². The van der Waals surface area contributed by atoms with Crippen LogP contribution in [0.3, 0.4) is 0 Å². The van der Waals surface area contributed by atoms with Crippen LogP contribution in [0.5, 0.6) is 17.2 Å². The van der Waals surface area contributed by atoms with Crippen LogP contribution in [0.1, 0.15) is 25.3 Å². The van der Waals surface area contributed by atoms with Crippen molar-refractivity contribution in [1.29, 1.82) is 0 Å². The zero-order valence-corrected chi connectivity index (χ0v) is 17.2. The van der Waals surface area contributed by atoms with Crippen molar-refractivity contribution in [3.05, 3.63) is 48.0 Å². The Morgan fingerprint density at radius 2 is 1.90 bits per heavy atom. The average Bonchev–Trinajstić information content (AvgIpc) is 3.58. The second-order valence-electron chi connectivity index (χ2n) is 7.06. The van der Waals surface area contributed by atoms with Crippen LogP contribution in [-0.4, -0.2) is 48.2 Å². The molecule has 1 fully saturated rings. The number of likely N-dealkylation sites (N-methyl/N-ethyl adjacent to an activating group) is 1. The molecule has 0 saturated heterocycles. The van der Waals surface area contributed by atoms with Crippen molar-refractivity contribution in [2.24, 2.45) is 0 Å². The number of methoxy groups -OCH3 is 1. The van der Waals surface area contributed by atoms with Gasteiger partial charge in [-0.05, 0) is 61.7 Å². The Morgan fingerprint density at radius 1 is 1.17 bits per heavy atom. The van der Waals surface area contributed by atoms with Gasteiger partial charge in [0.25, 0.3) is 5.91 Å². The Kier molecular flexibility index (Phi) is 7.00. The number of phenols is 1. The molecule has 1 aliphatic rings. The highest BCUT2D eigenvalue weighted by molar-refractivity contribution is 5.89. The number of anilines is 1. The summed E-state index contributed by atoms with van der Waals surface area (Å²) in [6.07, 6.45) is 1.94. The number of aromatic hydroxyl groups is 1. The molecule has 3 N–H and O–H groups in total. The van der Waals surface area contributed by atoms with Crippen molar-refractivity contribution in [3.63, 3.8) is 0 Å². The van der Waals surface area contributed by atoms with Crippen molar-refractivity contribution < 1.29 is 24.2 Å². The van der Waals surface area contributed by atoms with Crippen LogP contribution in [0, 0.1) is 0 Å². The van der Waals surface area contributed by atoms with Gasteiger partial charge in [-0.1, -0.05) is 6.07 Å². The highest BCUT2D eigenvalue weighted by Gasteiger charge is 2.32. The molecule has 2 aromatic rings. The molecule has 3 amide bonds. The Hall–Kier alpha value is -3.42. The molecule has 0 radical (unpaired) electrons. The number of phenolic OH excluding ortho intramolecular Hbond substituents is 1. The Labute approximate surface area is 175 Å². The van der Waals surface area contributed by atoms with Gasteiger partial charge in [-0.3, -0.25) is 4.79 Å². The number of carbonyl (C=O) groups excluding carboxylic acids is 2. The summed E-state index contributed by atoms with van der Waals surface area (Å²) < 4.78 is 10.6. The van der Waals surface area contributed by atoms with Gasteiger partial charge in [0.2, 0.25) is 0 Å². The second-order valence-corrected chi connectivity index (χ2v) is 7.06. The number of hydrogen-bond donors (Lipinski definition) is 3. The lowest BCUT2D eigenvalue weighted by molar-refractivity contribution is -0.122. The molecule has 160 valence electrons. The van der Waals surface area contributed by atoms with Gasteiger partial charge in [-0.2, -0.15) is 0 Å². The van der Waals surface area contributed by atoms with Gasteiger partial charge in [0.1, 0.15) is 5.75 Å². The summed E-state index contributed by atoms with van der Waals surface area (Å²) in [5, 5.41) is 15.3. The van der Waals surface area contributed by atoms with Crippen LogP contribution in [0.4, 0.5) is 10.5 Å². The van der Waals surface area contributed by atoms with Crippen LogP contribution in [0.2, 0.25) is 0 Å². The highest BCUT2D eigenvalue weighted by Crippen LogP contribution is 2.31. The number of nitrogens with one attached hydrogen (secondary N) is 2. The molecule has 0 spiro atoms. The number of hydrogen-bond acceptors (Lipinski definition) is 5. The van der Waals surface area contributed by atoms with Crippen LogP contribution in [0.25, 0.3) is 0 Å². The minimum absolute atomic E-state index is 0.0505. The molecule has 1 aliphatic carbocycles. The van der Waals surface area contributed by atoms with Crippen LogP contribution in [0.15, 0.2) is 42.5 Å². The van der Waals surface area contributed by atoms with E-state index >= 15 is 0 Å². The van der Waals surface area contributed by atoms with Crippen molar-refractivity contribution in [2.45, 2.75) is 32.4 Å². The summed E-state index contributed by atoms with van der Waals surface area (Å²) in [6, 6.07) is 12.0. The number of carbonyl (C=O) groups is 2. The maximum absolute atomic E-state index is 12.8. The van der Waals surface area contributed by atoms with E-state index in [1.54, 1.807) is 47.4 Å². The molecule has 0 unspecified atom stereocenters. The maximum Gasteiger partial charge on any atom is 0.322 e. The van der Waals surface area contributed by atoms with Crippen molar-refractivity contribution in [2.75, 3.05) is 25.6 Å². The third-order valence-electron chi connectivity index (χ3n) is 4.70. The minimum atomic E-state index is -0.194. The van der Waals surface area contributed by atoms with E-state index in [2.05, 4.69) is 10.6 Å². The van der Waals surface area contributed by atoms with Gasteiger partial charge in [-0.15, -0.1) is 0 Å². The minimum Gasteiger partial charge on any atom is -0.504 e. The normalized spacial score (nSPS) is 12.7. The van der Waals surface area contributed by atoms with Crippen LogP contribution < -0.4 is 20.1 Å². The molecule has 0 aliphatic heterocycles. The number of urea groups is 1. The molecule has 0 heterocycles. The first-order valence-electron chi connectivity index (χ1n) is 9.93. The van der Waals surface area contributed by atoms with E-state index in [0.29, 0.717) is 30.3 Å². The molecule has 0 bridgehead atoms.